The van der Waals surface area contributed by atoms with Crippen LogP contribution in [0.15, 0.2) is 80.8 Å². The molecule has 1 amide bonds. The Bertz CT molecular complexity index is 924. The summed E-state index contributed by atoms with van der Waals surface area (Å²) in [6, 6.07) is 20.6. The Hall–Kier alpha value is -2.64. The first kappa shape index (κ1) is 21.7. The fraction of sp³-hybridized carbons (Fsp3) is 0.0476. The summed E-state index contributed by atoms with van der Waals surface area (Å²) in [4.78, 5) is 10.1. The molecule has 5 nitrogen and oxygen atoms in total. The van der Waals surface area contributed by atoms with E-state index in [1.54, 1.807) is 6.21 Å². The molecule has 0 heterocycles. The summed E-state index contributed by atoms with van der Waals surface area (Å²) in [5.41, 5.74) is 3.92. The molecule has 0 saturated heterocycles. The number of carbonyl (C=O) groups is 1. The number of amides is 1. The van der Waals surface area contributed by atoms with Crippen LogP contribution in [0.3, 0.4) is 0 Å². The van der Waals surface area contributed by atoms with Crippen molar-refractivity contribution in [1.82, 2.24) is 5.43 Å². The van der Waals surface area contributed by atoms with Gasteiger partial charge >= 0.3 is 0 Å². The minimum atomic E-state index is 0.309. The first-order chi connectivity index (χ1) is 13.5. The van der Waals surface area contributed by atoms with Crippen LogP contribution in [0.5, 0.6) is 17.2 Å². The number of hydrogen-bond acceptors (Lipinski definition) is 4. The van der Waals surface area contributed by atoms with Crippen molar-refractivity contribution in [2.45, 2.75) is 6.92 Å². The van der Waals surface area contributed by atoms with Crippen molar-refractivity contribution in [3.63, 3.8) is 0 Å². The van der Waals surface area contributed by atoms with Gasteiger partial charge in [-0.25, -0.2) is 5.43 Å². The summed E-state index contributed by atoms with van der Waals surface area (Å²) in [5.74, 6) is 1.80. The lowest BCUT2D eigenvalue weighted by molar-refractivity contribution is -0.109. The van der Waals surface area contributed by atoms with E-state index in [4.69, 9.17) is 4.74 Å². The Morgan fingerprint density at radius 2 is 1.71 bits per heavy atom. The van der Waals surface area contributed by atoms with Crippen LogP contribution in [0.2, 0.25) is 0 Å². The molecule has 0 fully saturated rings. The monoisotopic (exact) mass is 504 g/mol. The molecule has 0 unspecified atom stereocenters. The molecule has 28 heavy (non-hydrogen) atoms. The third-order valence-corrected chi connectivity index (χ3v) is 4.46. The van der Waals surface area contributed by atoms with Crippen LogP contribution in [-0.4, -0.2) is 17.7 Å². The largest absolute Gasteiger partial charge is 0.506 e. The van der Waals surface area contributed by atoms with E-state index in [9.17, 15) is 9.90 Å². The molecule has 3 aromatic carbocycles. The number of aryl methyl sites for hydroxylation is 1. The lowest BCUT2D eigenvalue weighted by atomic mass is 10.2. The number of benzene rings is 3. The van der Waals surface area contributed by atoms with Crippen molar-refractivity contribution >= 4 is 44.5 Å². The van der Waals surface area contributed by atoms with E-state index in [1.807, 2.05) is 73.7 Å². The van der Waals surface area contributed by atoms with Crippen molar-refractivity contribution in [1.29, 1.82) is 0 Å². The molecule has 0 saturated carbocycles. The van der Waals surface area contributed by atoms with Gasteiger partial charge in [0.2, 0.25) is 6.41 Å². The maximum absolute atomic E-state index is 10.1. The normalized spacial score (nSPS) is 10.1. The third-order valence-electron chi connectivity index (χ3n) is 3.40. The highest BCUT2D eigenvalue weighted by Gasteiger charge is 2.01. The Labute approximate surface area is 180 Å². The second-order valence-corrected chi connectivity index (χ2v) is 7.32. The van der Waals surface area contributed by atoms with Crippen molar-refractivity contribution in [2.75, 3.05) is 0 Å². The SMILES string of the molecule is Cc1cc(Br)cc(Br)c1O.O=CN/N=C/c1cccc(Oc2ccccc2)c1. The van der Waals surface area contributed by atoms with Gasteiger partial charge < -0.3 is 9.84 Å². The second kappa shape index (κ2) is 11.3. The van der Waals surface area contributed by atoms with Crippen LogP contribution in [-0.2, 0) is 4.79 Å². The molecule has 0 aliphatic rings. The average Bonchev–Trinajstić information content (AvgIpc) is 2.68. The van der Waals surface area contributed by atoms with Crippen LogP contribution in [0.4, 0.5) is 0 Å². The lowest BCUT2D eigenvalue weighted by Crippen LogP contribution is -2.00. The standard InChI is InChI=1S/C14H12N2O2.C7H6Br2O/c17-11-16-15-10-12-5-4-8-14(9-12)18-13-6-2-1-3-7-13;1-4-2-5(8)3-6(9)7(4)10/h1-11H,(H,16,17);2-3,10H,1H3/b15-10+;. The van der Waals surface area contributed by atoms with Crippen LogP contribution in [0, 0.1) is 6.92 Å². The van der Waals surface area contributed by atoms with Crippen molar-refractivity contribution in [3.8, 4) is 17.2 Å². The summed E-state index contributed by atoms with van der Waals surface area (Å²) in [7, 11) is 0. The number of hydrogen-bond donors (Lipinski definition) is 2. The van der Waals surface area contributed by atoms with Gasteiger partial charge in [-0.2, -0.15) is 5.10 Å². The van der Waals surface area contributed by atoms with E-state index in [2.05, 4.69) is 42.4 Å². The van der Waals surface area contributed by atoms with E-state index in [0.717, 1.165) is 31.6 Å². The molecule has 0 atom stereocenters. The minimum absolute atomic E-state index is 0.309. The van der Waals surface area contributed by atoms with Gasteiger partial charge in [0, 0.05) is 4.47 Å². The number of aromatic hydroxyl groups is 1. The summed E-state index contributed by atoms with van der Waals surface area (Å²) in [6.07, 6.45) is 2.06. The fourth-order valence-electron chi connectivity index (χ4n) is 2.12. The topological polar surface area (TPSA) is 70.9 Å². The molecule has 7 heteroatoms. The van der Waals surface area contributed by atoms with E-state index >= 15 is 0 Å². The Morgan fingerprint density at radius 1 is 1.00 bits per heavy atom. The first-order valence-electron chi connectivity index (χ1n) is 8.19. The zero-order valence-electron chi connectivity index (χ0n) is 15.0. The zero-order chi connectivity index (χ0) is 20.4. The molecule has 0 aliphatic carbocycles. The predicted octanol–water partition coefficient (Wildman–Crippen LogP) is 5.78. The van der Waals surface area contributed by atoms with Gasteiger partial charge in [-0.05, 0) is 70.4 Å². The molecule has 3 aromatic rings. The Morgan fingerprint density at radius 3 is 2.39 bits per heavy atom. The van der Waals surface area contributed by atoms with Crippen LogP contribution in [0.1, 0.15) is 11.1 Å². The number of phenols is 1. The van der Waals surface area contributed by atoms with Gasteiger partial charge in [-0.3, -0.25) is 4.79 Å². The number of phenolic OH excluding ortho intramolecular Hbond substituents is 1. The molecule has 0 spiro atoms. The number of rotatable bonds is 5. The smallest absolute Gasteiger partial charge is 0.227 e. The van der Waals surface area contributed by atoms with Crippen molar-refractivity contribution in [3.05, 3.63) is 86.8 Å². The second-order valence-electron chi connectivity index (χ2n) is 5.55. The molecule has 144 valence electrons. The number of nitrogens with one attached hydrogen (secondary N) is 1. The van der Waals surface area contributed by atoms with E-state index in [1.165, 1.54) is 0 Å². The predicted molar refractivity (Wildman–Crippen MR) is 118 cm³/mol. The van der Waals surface area contributed by atoms with Gasteiger partial charge in [0.05, 0.1) is 10.7 Å². The first-order valence-corrected chi connectivity index (χ1v) is 9.78. The summed E-state index contributed by atoms with van der Waals surface area (Å²) in [6.45, 7) is 1.85. The summed E-state index contributed by atoms with van der Waals surface area (Å²) >= 11 is 6.52. The number of hydrazone groups is 1. The summed E-state index contributed by atoms with van der Waals surface area (Å²) in [5, 5.41) is 13.0. The molecule has 0 radical (unpaired) electrons. The molecule has 2 N–H and O–H groups in total. The van der Waals surface area contributed by atoms with Crippen molar-refractivity contribution in [2.24, 2.45) is 5.10 Å². The Balaban J connectivity index is 0.000000237. The molecule has 3 rings (SSSR count). The maximum atomic E-state index is 10.1. The van der Waals surface area contributed by atoms with E-state index < -0.39 is 0 Å². The quantitative estimate of drug-likeness (QED) is 0.262. The Kier molecular flexibility index (Phi) is 8.71. The fourth-order valence-corrected chi connectivity index (χ4v) is 3.56. The highest BCUT2D eigenvalue weighted by atomic mass is 79.9. The molecule has 0 aliphatic heterocycles. The number of nitrogens with zero attached hydrogens (tertiary/aromatic N) is 1. The van der Waals surface area contributed by atoms with Crippen LogP contribution in [0.25, 0.3) is 0 Å². The highest BCUT2D eigenvalue weighted by molar-refractivity contribution is 9.11. The number of ether oxygens (including phenoxy) is 1. The minimum Gasteiger partial charge on any atom is -0.506 e. The number of para-hydroxylation sites is 1. The lowest BCUT2D eigenvalue weighted by Gasteiger charge is -2.05. The number of halogens is 2. The van der Waals surface area contributed by atoms with Crippen LogP contribution < -0.4 is 10.2 Å². The molecule has 0 bridgehead atoms. The highest BCUT2D eigenvalue weighted by Crippen LogP contribution is 2.30. The van der Waals surface area contributed by atoms with Crippen LogP contribution >= 0.6 is 31.9 Å². The molecule has 0 aromatic heterocycles. The van der Waals surface area contributed by atoms with Gasteiger partial charge in [0.25, 0.3) is 0 Å². The average molecular weight is 506 g/mol. The van der Waals surface area contributed by atoms with E-state index in [-0.39, 0.29) is 0 Å². The van der Waals surface area contributed by atoms with Crippen molar-refractivity contribution < 1.29 is 14.6 Å². The summed E-state index contributed by atoms with van der Waals surface area (Å²) < 4.78 is 7.36. The third kappa shape index (κ3) is 7.17. The van der Waals surface area contributed by atoms with Gasteiger partial charge in [-0.15, -0.1) is 0 Å². The van der Waals surface area contributed by atoms with E-state index in [0.29, 0.717) is 12.2 Å². The molecular weight excluding hydrogens is 488 g/mol. The van der Waals surface area contributed by atoms with Gasteiger partial charge in [-0.1, -0.05) is 46.3 Å². The van der Waals surface area contributed by atoms with Gasteiger partial charge in [0.1, 0.15) is 17.2 Å². The zero-order valence-corrected chi connectivity index (χ0v) is 18.1. The molecular formula is C21H18Br2N2O3. The number of carbonyl (C=O) groups excluding carboxylic acids is 1. The van der Waals surface area contributed by atoms with Gasteiger partial charge in [0.15, 0.2) is 0 Å². The maximum Gasteiger partial charge on any atom is 0.227 e.